The van der Waals surface area contributed by atoms with Crippen LogP contribution in [0.15, 0.2) is 0 Å². The summed E-state index contributed by atoms with van der Waals surface area (Å²) in [7, 11) is 2.11. The van der Waals surface area contributed by atoms with Gasteiger partial charge >= 0.3 is 0 Å². The van der Waals surface area contributed by atoms with Crippen LogP contribution in [0.1, 0.15) is 33.1 Å². The summed E-state index contributed by atoms with van der Waals surface area (Å²) >= 11 is 0. The van der Waals surface area contributed by atoms with E-state index in [2.05, 4.69) is 36.4 Å². The van der Waals surface area contributed by atoms with Gasteiger partial charge in [0.1, 0.15) is 0 Å². The van der Waals surface area contributed by atoms with Crippen molar-refractivity contribution in [3.63, 3.8) is 0 Å². The Balaban J connectivity index is 2.22. The van der Waals surface area contributed by atoms with Crippen molar-refractivity contribution in [1.29, 1.82) is 0 Å². The number of hydrogen-bond donors (Lipinski definition) is 2. The van der Waals surface area contributed by atoms with E-state index in [1.165, 1.54) is 0 Å². The van der Waals surface area contributed by atoms with Crippen molar-refractivity contribution < 1.29 is 4.79 Å². The molecule has 2 N–H and O–H groups in total. The summed E-state index contributed by atoms with van der Waals surface area (Å²) in [4.78, 5) is 13.9. The largest absolute Gasteiger partial charge is 0.355 e. The first-order valence-electron chi connectivity index (χ1n) is 6.32. The second-order valence-electron chi connectivity index (χ2n) is 4.87. The molecule has 1 rings (SSSR count). The van der Waals surface area contributed by atoms with E-state index in [-0.39, 0.29) is 11.9 Å². The van der Waals surface area contributed by atoms with Gasteiger partial charge in [-0.05, 0) is 40.2 Å². The van der Waals surface area contributed by atoms with E-state index in [1.54, 1.807) is 0 Å². The third kappa shape index (κ3) is 4.49. The van der Waals surface area contributed by atoms with Gasteiger partial charge in [-0.3, -0.25) is 4.79 Å². The minimum absolute atomic E-state index is 0.0167. The quantitative estimate of drug-likeness (QED) is 0.722. The van der Waals surface area contributed by atoms with E-state index in [0.29, 0.717) is 6.04 Å². The number of nitrogens with one attached hydrogen (secondary N) is 2. The van der Waals surface area contributed by atoms with Crippen molar-refractivity contribution in [2.75, 3.05) is 26.7 Å². The highest BCUT2D eigenvalue weighted by atomic mass is 16.2. The Bertz CT molecular complexity index is 218. The van der Waals surface area contributed by atoms with Gasteiger partial charge in [0.05, 0.1) is 6.04 Å². The first kappa shape index (κ1) is 13.5. The van der Waals surface area contributed by atoms with Crippen LogP contribution in [0.3, 0.4) is 0 Å². The molecule has 0 aliphatic carbocycles. The summed E-state index contributed by atoms with van der Waals surface area (Å²) in [6.07, 6.45) is 3.21. The second-order valence-corrected chi connectivity index (χ2v) is 4.87. The lowest BCUT2D eigenvalue weighted by Crippen LogP contribution is -2.45. The van der Waals surface area contributed by atoms with Gasteiger partial charge < -0.3 is 15.5 Å². The van der Waals surface area contributed by atoms with Crippen LogP contribution in [0.5, 0.6) is 0 Å². The van der Waals surface area contributed by atoms with E-state index in [4.69, 9.17) is 0 Å². The maximum atomic E-state index is 11.6. The monoisotopic (exact) mass is 227 g/mol. The number of carbonyl (C=O) groups is 1. The normalized spacial score (nSPS) is 22.3. The molecule has 1 aliphatic heterocycles. The van der Waals surface area contributed by atoms with Gasteiger partial charge in [-0.25, -0.2) is 0 Å². The van der Waals surface area contributed by atoms with Crippen molar-refractivity contribution in [3.8, 4) is 0 Å². The zero-order valence-electron chi connectivity index (χ0n) is 10.8. The predicted molar refractivity (Wildman–Crippen MR) is 66.4 cm³/mol. The average Bonchev–Trinajstić information content (AvgIpc) is 2.44. The Morgan fingerprint density at radius 2 is 2.25 bits per heavy atom. The molecule has 1 heterocycles. The maximum Gasteiger partial charge on any atom is 0.237 e. The SMILES string of the molecule is CC(C)N(C)CCNC1CCCCNC1=O. The van der Waals surface area contributed by atoms with Gasteiger partial charge in [0.25, 0.3) is 0 Å². The lowest BCUT2D eigenvalue weighted by molar-refractivity contribution is -0.122. The van der Waals surface area contributed by atoms with E-state index < -0.39 is 0 Å². The average molecular weight is 227 g/mol. The van der Waals surface area contributed by atoms with Crippen molar-refractivity contribution in [3.05, 3.63) is 0 Å². The standard InChI is InChI=1S/C12H25N3O/c1-10(2)15(3)9-8-13-11-6-4-5-7-14-12(11)16/h10-11,13H,4-9H2,1-3H3,(H,14,16). The lowest BCUT2D eigenvalue weighted by Gasteiger charge is -2.22. The number of rotatable bonds is 5. The molecule has 0 radical (unpaired) electrons. The molecular weight excluding hydrogens is 202 g/mol. The van der Waals surface area contributed by atoms with Gasteiger partial charge in [0.2, 0.25) is 5.91 Å². The van der Waals surface area contributed by atoms with E-state index in [0.717, 1.165) is 38.9 Å². The van der Waals surface area contributed by atoms with Crippen LogP contribution >= 0.6 is 0 Å². The molecule has 0 aromatic rings. The molecule has 94 valence electrons. The molecule has 1 fully saturated rings. The van der Waals surface area contributed by atoms with Gasteiger partial charge in [0, 0.05) is 25.7 Å². The molecule has 0 spiro atoms. The number of carbonyl (C=O) groups excluding carboxylic acids is 1. The van der Waals surface area contributed by atoms with Crippen molar-refractivity contribution in [2.45, 2.75) is 45.2 Å². The van der Waals surface area contributed by atoms with Crippen molar-refractivity contribution >= 4 is 5.91 Å². The molecular formula is C12H25N3O. The highest BCUT2D eigenvalue weighted by molar-refractivity contribution is 5.81. The van der Waals surface area contributed by atoms with Crippen LogP contribution < -0.4 is 10.6 Å². The maximum absolute atomic E-state index is 11.6. The molecule has 1 aliphatic rings. The zero-order chi connectivity index (χ0) is 12.0. The third-order valence-electron chi connectivity index (χ3n) is 3.27. The molecule has 0 aromatic heterocycles. The fraction of sp³-hybridized carbons (Fsp3) is 0.917. The number of amides is 1. The number of nitrogens with zero attached hydrogens (tertiary/aromatic N) is 1. The summed E-state index contributed by atoms with van der Waals surface area (Å²) in [6, 6.07) is 0.577. The summed E-state index contributed by atoms with van der Waals surface area (Å²) in [5, 5.41) is 6.28. The highest BCUT2D eigenvalue weighted by Gasteiger charge is 2.19. The number of likely N-dealkylation sites (N-methyl/N-ethyl adjacent to an activating group) is 1. The van der Waals surface area contributed by atoms with Crippen LogP contribution in [-0.2, 0) is 4.79 Å². The van der Waals surface area contributed by atoms with Crippen LogP contribution in [0.2, 0.25) is 0 Å². The van der Waals surface area contributed by atoms with E-state index in [9.17, 15) is 4.79 Å². The third-order valence-corrected chi connectivity index (χ3v) is 3.27. The van der Waals surface area contributed by atoms with Gasteiger partial charge in [-0.2, -0.15) is 0 Å². The van der Waals surface area contributed by atoms with E-state index in [1.807, 2.05) is 0 Å². The summed E-state index contributed by atoms with van der Waals surface area (Å²) in [5.74, 6) is 0.171. The molecule has 1 unspecified atom stereocenters. The van der Waals surface area contributed by atoms with Gasteiger partial charge in [-0.15, -0.1) is 0 Å². The smallest absolute Gasteiger partial charge is 0.237 e. The molecule has 0 aromatic carbocycles. The molecule has 4 nitrogen and oxygen atoms in total. The minimum atomic E-state index is 0.0167. The van der Waals surface area contributed by atoms with Crippen LogP contribution in [0.4, 0.5) is 0 Å². The van der Waals surface area contributed by atoms with Crippen LogP contribution in [0.25, 0.3) is 0 Å². The summed E-state index contributed by atoms with van der Waals surface area (Å²) in [6.45, 7) is 7.06. The van der Waals surface area contributed by atoms with Crippen molar-refractivity contribution in [2.24, 2.45) is 0 Å². The first-order chi connectivity index (χ1) is 7.61. The fourth-order valence-corrected chi connectivity index (χ4v) is 1.81. The second kappa shape index (κ2) is 6.86. The Labute approximate surface area is 98.8 Å². The molecule has 16 heavy (non-hydrogen) atoms. The highest BCUT2D eigenvalue weighted by Crippen LogP contribution is 2.05. The van der Waals surface area contributed by atoms with Gasteiger partial charge in [0.15, 0.2) is 0 Å². The summed E-state index contributed by atoms with van der Waals surface area (Å²) in [5.41, 5.74) is 0. The Kier molecular flexibility index (Phi) is 5.77. The molecule has 0 bridgehead atoms. The van der Waals surface area contributed by atoms with E-state index >= 15 is 0 Å². The summed E-state index contributed by atoms with van der Waals surface area (Å²) < 4.78 is 0. The molecule has 4 heteroatoms. The predicted octanol–water partition coefficient (Wildman–Crippen LogP) is 0.585. The Morgan fingerprint density at radius 3 is 2.94 bits per heavy atom. The molecule has 1 amide bonds. The zero-order valence-corrected chi connectivity index (χ0v) is 10.8. The van der Waals surface area contributed by atoms with Crippen LogP contribution in [-0.4, -0.2) is 49.6 Å². The Morgan fingerprint density at radius 1 is 1.50 bits per heavy atom. The van der Waals surface area contributed by atoms with Gasteiger partial charge in [-0.1, -0.05) is 0 Å². The van der Waals surface area contributed by atoms with Crippen molar-refractivity contribution in [1.82, 2.24) is 15.5 Å². The molecule has 1 saturated heterocycles. The first-order valence-corrected chi connectivity index (χ1v) is 6.32. The minimum Gasteiger partial charge on any atom is -0.355 e. The molecule has 1 atom stereocenters. The topological polar surface area (TPSA) is 44.4 Å². The number of hydrogen-bond acceptors (Lipinski definition) is 3. The van der Waals surface area contributed by atoms with Crippen LogP contribution in [0, 0.1) is 0 Å². The lowest BCUT2D eigenvalue weighted by atomic mass is 10.1. The molecule has 0 saturated carbocycles. The Hall–Kier alpha value is -0.610. The fourth-order valence-electron chi connectivity index (χ4n) is 1.81.